The van der Waals surface area contributed by atoms with Gasteiger partial charge in [0, 0.05) is 25.1 Å². The summed E-state index contributed by atoms with van der Waals surface area (Å²) in [7, 11) is 1.95. The number of aliphatic hydroxyl groups is 1. The van der Waals surface area contributed by atoms with E-state index in [0.29, 0.717) is 6.54 Å². The first-order valence-electron chi connectivity index (χ1n) is 4.32. The van der Waals surface area contributed by atoms with Gasteiger partial charge < -0.3 is 5.11 Å². The Balaban J connectivity index is 2.62. The topological polar surface area (TPSA) is 49.2 Å². The molecule has 0 aliphatic rings. The summed E-state index contributed by atoms with van der Waals surface area (Å²) < 4.78 is 0. The lowest BCUT2D eigenvalue weighted by molar-refractivity contribution is 0.186. The number of hydrogen-bond acceptors (Lipinski definition) is 4. The van der Waals surface area contributed by atoms with Crippen molar-refractivity contribution in [2.45, 2.75) is 13.0 Å². The Bertz CT molecular complexity index is 240. The van der Waals surface area contributed by atoms with Crippen LogP contribution in [0.25, 0.3) is 0 Å². The van der Waals surface area contributed by atoms with Crippen molar-refractivity contribution in [3.8, 4) is 0 Å². The molecule has 0 saturated carbocycles. The third kappa shape index (κ3) is 2.75. The molecule has 0 aliphatic heterocycles. The van der Waals surface area contributed by atoms with Crippen LogP contribution in [-0.4, -0.2) is 40.2 Å². The zero-order valence-electron chi connectivity index (χ0n) is 8.01. The summed E-state index contributed by atoms with van der Waals surface area (Å²) in [6, 6.07) is 0.195. The first-order valence-corrected chi connectivity index (χ1v) is 4.32. The van der Waals surface area contributed by atoms with Gasteiger partial charge in [-0.1, -0.05) is 0 Å². The number of nitrogens with zero attached hydrogens (tertiary/aromatic N) is 3. The molecule has 0 radical (unpaired) electrons. The maximum Gasteiger partial charge on any atom is 0.0755 e. The SMILES string of the molecule is C[C@H](c1cnccn1)N(C)CCO. The minimum Gasteiger partial charge on any atom is -0.395 e. The molecule has 0 saturated heterocycles. The van der Waals surface area contributed by atoms with Gasteiger partial charge in [0.15, 0.2) is 0 Å². The Morgan fingerprint density at radius 2 is 2.31 bits per heavy atom. The molecule has 1 N–H and O–H groups in total. The van der Waals surface area contributed by atoms with E-state index in [-0.39, 0.29) is 12.6 Å². The molecule has 0 spiro atoms. The zero-order chi connectivity index (χ0) is 9.68. The second-order valence-electron chi connectivity index (χ2n) is 3.01. The predicted octanol–water partition coefficient (Wildman–Crippen LogP) is 0.462. The van der Waals surface area contributed by atoms with Crippen LogP contribution in [0.1, 0.15) is 18.7 Å². The van der Waals surface area contributed by atoms with Crippen LogP contribution in [0.4, 0.5) is 0 Å². The highest BCUT2D eigenvalue weighted by molar-refractivity contribution is 5.00. The maximum atomic E-state index is 8.75. The number of likely N-dealkylation sites (N-methyl/N-ethyl adjacent to an activating group) is 1. The minimum atomic E-state index is 0.168. The van der Waals surface area contributed by atoms with Gasteiger partial charge >= 0.3 is 0 Å². The molecule has 0 amide bonds. The van der Waals surface area contributed by atoms with E-state index in [1.807, 2.05) is 18.9 Å². The molecule has 1 aromatic rings. The van der Waals surface area contributed by atoms with Gasteiger partial charge in [-0.3, -0.25) is 14.9 Å². The van der Waals surface area contributed by atoms with E-state index in [1.165, 1.54) is 0 Å². The summed E-state index contributed by atoms with van der Waals surface area (Å²) in [5.41, 5.74) is 0.929. The van der Waals surface area contributed by atoms with Gasteiger partial charge in [-0.2, -0.15) is 0 Å². The summed E-state index contributed by atoms with van der Waals surface area (Å²) >= 11 is 0. The highest BCUT2D eigenvalue weighted by atomic mass is 16.3. The van der Waals surface area contributed by atoms with Crippen molar-refractivity contribution in [3.05, 3.63) is 24.3 Å². The molecular weight excluding hydrogens is 166 g/mol. The Morgan fingerprint density at radius 1 is 1.54 bits per heavy atom. The Kier molecular flexibility index (Phi) is 3.79. The van der Waals surface area contributed by atoms with E-state index in [1.54, 1.807) is 18.6 Å². The average Bonchev–Trinajstić information content (AvgIpc) is 2.18. The van der Waals surface area contributed by atoms with Crippen LogP contribution in [0.15, 0.2) is 18.6 Å². The fourth-order valence-electron chi connectivity index (χ4n) is 1.10. The Labute approximate surface area is 78.2 Å². The third-order valence-electron chi connectivity index (χ3n) is 2.13. The molecule has 0 aromatic carbocycles. The van der Waals surface area contributed by atoms with Crippen molar-refractivity contribution in [1.82, 2.24) is 14.9 Å². The first-order chi connectivity index (χ1) is 6.25. The van der Waals surface area contributed by atoms with Crippen LogP contribution >= 0.6 is 0 Å². The molecule has 1 heterocycles. The largest absolute Gasteiger partial charge is 0.395 e. The normalized spacial score (nSPS) is 13.2. The van der Waals surface area contributed by atoms with Gasteiger partial charge in [-0.05, 0) is 14.0 Å². The average molecular weight is 181 g/mol. The first kappa shape index (κ1) is 10.1. The molecule has 1 atom stereocenters. The molecule has 0 fully saturated rings. The van der Waals surface area contributed by atoms with Crippen LogP contribution in [0, 0.1) is 0 Å². The van der Waals surface area contributed by atoms with Gasteiger partial charge in [0.1, 0.15) is 0 Å². The van der Waals surface area contributed by atoms with Gasteiger partial charge in [0.2, 0.25) is 0 Å². The lowest BCUT2D eigenvalue weighted by Crippen LogP contribution is -2.26. The molecular formula is C9H15N3O. The minimum absolute atomic E-state index is 0.168. The standard InChI is InChI=1S/C9H15N3O/c1-8(12(2)5-6-13)9-7-10-3-4-11-9/h3-4,7-8,13H,5-6H2,1-2H3/t8-/m1/s1. The number of aromatic nitrogens is 2. The van der Waals surface area contributed by atoms with Crippen molar-refractivity contribution in [1.29, 1.82) is 0 Å². The zero-order valence-corrected chi connectivity index (χ0v) is 8.01. The van der Waals surface area contributed by atoms with Crippen LogP contribution in [0.3, 0.4) is 0 Å². The lowest BCUT2D eigenvalue weighted by atomic mass is 10.2. The van der Waals surface area contributed by atoms with E-state index >= 15 is 0 Å². The van der Waals surface area contributed by atoms with Crippen molar-refractivity contribution in [2.24, 2.45) is 0 Å². The molecule has 1 aromatic heterocycles. The molecule has 13 heavy (non-hydrogen) atoms. The van der Waals surface area contributed by atoms with Crippen LogP contribution < -0.4 is 0 Å². The van der Waals surface area contributed by atoms with Crippen molar-refractivity contribution in [2.75, 3.05) is 20.2 Å². The van der Waals surface area contributed by atoms with Crippen molar-refractivity contribution >= 4 is 0 Å². The van der Waals surface area contributed by atoms with Crippen LogP contribution in [-0.2, 0) is 0 Å². The van der Waals surface area contributed by atoms with Crippen molar-refractivity contribution < 1.29 is 5.11 Å². The summed E-state index contributed by atoms with van der Waals surface area (Å²) in [6.45, 7) is 2.86. The molecule has 0 aliphatic carbocycles. The summed E-state index contributed by atoms with van der Waals surface area (Å²) in [5, 5.41) is 8.75. The summed E-state index contributed by atoms with van der Waals surface area (Å²) in [5.74, 6) is 0. The predicted molar refractivity (Wildman–Crippen MR) is 50.2 cm³/mol. The summed E-state index contributed by atoms with van der Waals surface area (Å²) in [6.07, 6.45) is 5.08. The fraction of sp³-hybridized carbons (Fsp3) is 0.556. The second-order valence-corrected chi connectivity index (χ2v) is 3.01. The van der Waals surface area contributed by atoms with Gasteiger partial charge in [0.25, 0.3) is 0 Å². The summed E-state index contributed by atoms with van der Waals surface area (Å²) in [4.78, 5) is 10.2. The fourth-order valence-corrected chi connectivity index (χ4v) is 1.10. The Morgan fingerprint density at radius 3 is 2.85 bits per heavy atom. The number of aliphatic hydroxyl groups excluding tert-OH is 1. The van der Waals surface area contributed by atoms with Gasteiger partial charge in [-0.25, -0.2) is 0 Å². The highest BCUT2D eigenvalue weighted by Crippen LogP contribution is 2.13. The molecule has 1 rings (SSSR count). The van der Waals surface area contributed by atoms with E-state index in [9.17, 15) is 0 Å². The molecule has 4 nitrogen and oxygen atoms in total. The van der Waals surface area contributed by atoms with Gasteiger partial charge in [0.05, 0.1) is 18.3 Å². The quantitative estimate of drug-likeness (QED) is 0.733. The number of hydrogen-bond donors (Lipinski definition) is 1. The van der Waals surface area contributed by atoms with E-state index in [0.717, 1.165) is 5.69 Å². The third-order valence-corrected chi connectivity index (χ3v) is 2.13. The second kappa shape index (κ2) is 4.89. The lowest BCUT2D eigenvalue weighted by Gasteiger charge is -2.22. The van der Waals surface area contributed by atoms with E-state index in [2.05, 4.69) is 9.97 Å². The van der Waals surface area contributed by atoms with E-state index in [4.69, 9.17) is 5.11 Å². The monoisotopic (exact) mass is 181 g/mol. The smallest absolute Gasteiger partial charge is 0.0755 e. The maximum absolute atomic E-state index is 8.75. The number of rotatable bonds is 4. The molecule has 0 bridgehead atoms. The van der Waals surface area contributed by atoms with Gasteiger partial charge in [-0.15, -0.1) is 0 Å². The molecule has 4 heteroatoms. The molecule has 72 valence electrons. The van der Waals surface area contributed by atoms with Crippen LogP contribution in [0.5, 0.6) is 0 Å². The van der Waals surface area contributed by atoms with Crippen LogP contribution in [0.2, 0.25) is 0 Å². The van der Waals surface area contributed by atoms with Crippen molar-refractivity contribution in [3.63, 3.8) is 0 Å². The highest BCUT2D eigenvalue weighted by Gasteiger charge is 2.11. The van der Waals surface area contributed by atoms with E-state index < -0.39 is 0 Å². The molecule has 0 unspecified atom stereocenters. The Hall–Kier alpha value is -1.00.